The van der Waals surface area contributed by atoms with E-state index >= 15 is 0 Å². The average Bonchev–Trinajstić information content (AvgIpc) is 2.71. The Morgan fingerprint density at radius 2 is 1.45 bits per heavy atom. The van der Waals surface area contributed by atoms with Crippen LogP contribution in [0.25, 0.3) is 0 Å². The first kappa shape index (κ1) is 25.8. The first-order chi connectivity index (χ1) is 13.8. The van der Waals surface area contributed by atoms with E-state index in [0.29, 0.717) is 24.9 Å². The van der Waals surface area contributed by atoms with Gasteiger partial charge in [-0.1, -0.05) is 66.2 Å². The lowest BCUT2D eigenvalue weighted by Crippen LogP contribution is -2.30. The van der Waals surface area contributed by atoms with Gasteiger partial charge in [0.15, 0.2) is 23.3 Å². The maximum Gasteiger partial charge on any atom is 0.197 e. The molecule has 0 N–H and O–H groups in total. The Bertz CT molecular complexity index is 588. The number of rotatable bonds is 14. The van der Waals surface area contributed by atoms with Crippen LogP contribution in [0, 0.1) is 42.0 Å². The Morgan fingerprint density at radius 3 is 2.03 bits per heavy atom. The molecule has 0 amide bonds. The Morgan fingerprint density at radius 1 is 0.759 bits per heavy atom. The lowest BCUT2D eigenvalue weighted by atomic mass is 9.88. The largest absolute Gasteiger partial charge is 0.367 e. The fourth-order valence-corrected chi connectivity index (χ4v) is 4.04. The van der Waals surface area contributed by atoms with E-state index in [-0.39, 0.29) is 0 Å². The molecule has 0 saturated carbocycles. The minimum Gasteiger partial charge on any atom is -0.367 e. The molecule has 0 bridgehead atoms. The SMILES string of the molecule is CCCCCCN(CCC(C)CC(CC)CCC)c1c(F)c(C)c(F)c(F)c1F. The molecule has 1 nitrogen and oxygen atoms in total. The second-order valence-electron chi connectivity index (χ2n) is 8.47. The van der Waals surface area contributed by atoms with Gasteiger partial charge in [-0.05, 0) is 38.0 Å². The Labute approximate surface area is 174 Å². The Hall–Kier alpha value is -1.26. The van der Waals surface area contributed by atoms with E-state index in [1.165, 1.54) is 6.42 Å². The van der Waals surface area contributed by atoms with Crippen LogP contribution in [0.2, 0.25) is 0 Å². The molecule has 29 heavy (non-hydrogen) atoms. The standard InChI is InChI=1S/C24H39F4N/c1-6-9-10-11-14-29(15-13-17(4)16-19(8-3)12-7-2)24-21(26)18(5)20(25)22(27)23(24)28/h17,19H,6-16H2,1-5H3. The van der Waals surface area contributed by atoms with Crippen LogP contribution in [0.15, 0.2) is 0 Å². The van der Waals surface area contributed by atoms with Gasteiger partial charge < -0.3 is 4.90 Å². The Kier molecular flexibility index (Phi) is 11.7. The molecular weight excluding hydrogens is 378 g/mol. The zero-order chi connectivity index (χ0) is 22.0. The molecule has 0 aliphatic rings. The van der Waals surface area contributed by atoms with E-state index in [1.54, 1.807) is 4.90 Å². The predicted molar refractivity (Wildman–Crippen MR) is 114 cm³/mol. The van der Waals surface area contributed by atoms with Gasteiger partial charge in [-0.2, -0.15) is 0 Å². The first-order valence-electron chi connectivity index (χ1n) is 11.4. The second kappa shape index (κ2) is 13.1. The summed E-state index contributed by atoms with van der Waals surface area (Å²) >= 11 is 0. The Balaban J connectivity index is 2.98. The molecule has 0 aliphatic heterocycles. The number of hydrogen-bond acceptors (Lipinski definition) is 1. The number of hydrogen-bond donors (Lipinski definition) is 0. The van der Waals surface area contributed by atoms with Crippen LogP contribution in [0.5, 0.6) is 0 Å². The van der Waals surface area contributed by atoms with E-state index in [0.717, 1.165) is 58.3 Å². The first-order valence-corrected chi connectivity index (χ1v) is 11.4. The van der Waals surface area contributed by atoms with Crippen LogP contribution < -0.4 is 4.90 Å². The molecule has 0 fully saturated rings. The normalized spacial score (nSPS) is 13.6. The van der Waals surface area contributed by atoms with Gasteiger partial charge in [-0.15, -0.1) is 0 Å². The van der Waals surface area contributed by atoms with Crippen LogP contribution in [-0.4, -0.2) is 13.1 Å². The smallest absolute Gasteiger partial charge is 0.197 e. The summed E-state index contributed by atoms with van der Waals surface area (Å²) in [6.07, 6.45) is 9.13. The fourth-order valence-electron chi connectivity index (χ4n) is 4.04. The molecule has 0 spiro atoms. The molecule has 0 heterocycles. The van der Waals surface area contributed by atoms with E-state index < -0.39 is 34.5 Å². The van der Waals surface area contributed by atoms with Crippen LogP contribution in [0.1, 0.15) is 91.0 Å². The quantitative estimate of drug-likeness (QED) is 0.128. The van der Waals surface area contributed by atoms with E-state index in [2.05, 4.69) is 27.7 Å². The number of benzene rings is 1. The molecule has 5 heteroatoms. The number of halogens is 4. The summed E-state index contributed by atoms with van der Waals surface area (Å²) in [5.74, 6) is -4.35. The summed E-state index contributed by atoms with van der Waals surface area (Å²) in [5.41, 5.74) is -0.870. The van der Waals surface area contributed by atoms with E-state index in [1.807, 2.05) is 0 Å². The van der Waals surface area contributed by atoms with Crippen molar-refractivity contribution in [2.45, 2.75) is 92.4 Å². The lowest BCUT2D eigenvalue weighted by Gasteiger charge is -2.29. The lowest BCUT2D eigenvalue weighted by molar-refractivity contribution is 0.344. The second-order valence-corrected chi connectivity index (χ2v) is 8.47. The van der Waals surface area contributed by atoms with Gasteiger partial charge in [0, 0.05) is 18.7 Å². The molecule has 0 saturated heterocycles. The minimum absolute atomic E-state index is 0.405. The van der Waals surface area contributed by atoms with Crippen molar-refractivity contribution in [1.82, 2.24) is 0 Å². The third-order valence-corrected chi connectivity index (χ3v) is 5.96. The average molecular weight is 418 g/mol. The van der Waals surface area contributed by atoms with Crippen LogP contribution >= 0.6 is 0 Å². The molecule has 2 unspecified atom stereocenters. The summed E-state index contributed by atoms with van der Waals surface area (Å²) in [6.45, 7) is 10.7. The van der Waals surface area contributed by atoms with Gasteiger partial charge in [-0.25, -0.2) is 17.6 Å². The molecule has 1 aromatic rings. The topological polar surface area (TPSA) is 3.24 Å². The van der Waals surface area contributed by atoms with Gasteiger partial charge in [0.2, 0.25) is 0 Å². The van der Waals surface area contributed by atoms with Crippen molar-refractivity contribution in [2.24, 2.45) is 11.8 Å². The molecule has 0 aliphatic carbocycles. The van der Waals surface area contributed by atoms with Gasteiger partial charge in [0.25, 0.3) is 0 Å². The molecule has 0 radical (unpaired) electrons. The third-order valence-electron chi connectivity index (χ3n) is 5.96. The summed E-state index contributed by atoms with van der Waals surface area (Å²) in [5, 5.41) is 0. The minimum atomic E-state index is -1.58. The highest BCUT2D eigenvalue weighted by molar-refractivity contribution is 5.52. The third kappa shape index (κ3) is 7.49. The molecular formula is C24H39F4N. The van der Waals surface area contributed by atoms with Gasteiger partial charge in [0.05, 0.1) is 0 Å². The van der Waals surface area contributed by atoms with Crippen molar-refractivity contribution in [3.05, 3.63) is 28.8 Å². The van der Waals surface area contributed by atoms with Crippen molar-refractivity contribution in [2.75, 3.05) is 18.0 Å². The van der Waals surface area contributed by atoms with Crippen molar-refractivity contribution >= 4 is 5.69 Å². The number of anilines is 1. The predicted octanol–water partition coefficient (Wildman–Crippen LogP) is 8.18. The van der Waals surface area contributed by atoms with Crippen LogP contribution in [-0.2, 0) is 0 Å². The van der Waals surface area contributed by atoms with Crippen molar-refractivity contribution < 1.29 is 17.6 Å². The maximum absolute atomic E-state index is 14.7. The highest BCUT2D eigenvalue weighted by Crippen LogP contribution is 2.32. The fraction of sp³-hybridized carbons (Fsp3) is 0.750. The van der Waals surface area contributed by atoms with E-state index in [4.69, 9.17) is 0 Å². The van der Waals surface area contributed by atoms with Crippen LogP contribution in [0.3, 0.4) is 0 Å². The van der Waals surface area contributed by atoms with Crippen molar-refractivity contribution in [1.29, 1.82) is 0 Å². The summed E-state index contributed by atoms with van der Waals surface area (Å²) < 4.78 is 57.0. The zero-order valence-electron chi connectivity index (χ0n) is 18.9. The van der Waals surface area contributed by atoms with Gasteiger partial charge in [0.1, 0.15) is 5.69 Å². The monoisotopic (exact) mass is 417 g/mol. The summed E-state index contributed by atoms with van der Waals surface area (Å²) in [7, 11) is 0. The van der Waals surface area contributed by atoms with Crippen molar-refractivity contribution in [3.63, 3.8) is 0 Å². The zero-order valence-corrected chi connectivity index (χ0v) is 18.9. The highest BCUT2D eigenvalue weighted by atomic mass is 19.2. The molecule has 1 aromatic carbocycles. The molecule has 0 aromatic heterocycles. The number of nitrogens with zero attached hydrogens (tertiary/aromatic N) is 1. The van der Waals surface area contributed by atoms with Crippen molar-refractivity contribution in [3.8, 4) is 0 Å². The van der Waals surface area contributed by atoms with Crippen LogP contribution in [0.4, 0.5) is 23.2 Å². The van der Waals surface area contributed by atoms with Gasteiger partial charge in [-0.3, -0.25) is 0 Å². The molecule has 168 valence electrons. The van der Waals surface area contributed by atoms with Gasteiger partial charge >= 0.3 is 0 Å². The van der Waals surface area contributed by atoms with E-state index in [9.17, 15) is 17.6 Å². The summed E-state index contributed by atoms with van der Waals surface area (Å²) in [6, 6.07) is 0. The number of unbranched alkanes of at least 4 members (excludes halogenated alkanes) is 3. The summed E-state index contributed by atoms with van der Waals surface area (Å²) in [4.78, 5) is 1.59. The molecule has 1 rings (SSSR count). The maximum atomic E-state index is 14.7. The molecule has 2 atom stereocenters. The highest BCUT2D eigenvalue weighted by Gasteiger charge is 2.27.